The summed E-state index contributed by atoms with van der Waals surface area (Å²) in [7, 11) is -12.2. The lowest BCUT2D eigenvalue weighted by Crippen LogP contribution is -2.39. The minimum absolute atomic E-state index is 0.0532. The van der Waals surface area contributed by atoms with Crippen LogP contribution in [0.4, 0.5) is 24.5 Å². The molecule has 2 fully saturated rings. The number of nitrogens with zero attached hydrogens (tertiary/aromatic N) is 2. The maximum absolute atomic E-state index is 14.2. The van der Waals surface area contributed by atoms with E-state index >= 15 is 0 Å². The SMILES string of the molecule is O=C(NS(=O)(=O)c1ccc(N[C@H](CCN2CCOCC2)CSc2ccccc2)c(S(=O)(=O)C(F)(F)F)c1)c1ccc(N2CCC([S@@](=O)c3ccccc3-c3ccc(Cl)cc3)CC2)cc1. The number of rotatable bonds is 16. The number of carbonyl (C=O) groups excluding carboxylic acids is 1. The van der Waals surface area contributed by atoms with Gasteiger partial charge in [0.1, 0.15) is 4.90 Å². The summed E-state index contributed by atoms with van der Waals surface area (Å²) in [6, 6.07) is 32.3. The Hall–Kier alpha value is -4.43. The van der Waals surface area contributed by atoms with E-state index in [1.54, 1.807) is 24.3 Å². The summed E-state index contributed by atoms with van der Waals surface area (Å²) in [6.45, 7) is 4.12. The minimum atomic E-state index is -6.07. The number of amides is 1. The molecule has 2 N–H and O–H groups in total. The molecule has 340 valence electrons. The third-order valence-electron chi connectivity index (χ3n) is 11.0. The Morgan fingerprint density at radius 1 is 0.844 bits per heavy atom. The number of piperidine rings is 1. The minimum Gasteiger partial charge on any atom is -0.380 e. The molecule has 5 aromatic carbocycles. The number of morpholine rings is 1. The number of halogens is 4. The van der Waals surface area contributed by atoms with E-state index in [9.17, 15) is 39.0 Å². The molecule has 7 rings (SSSR count). The van der Waals surface area contributed by atoms with Crippen molar-refractivity contribution < 1.29 is 43.7 Å². The average Bonchev–Trinajstić information content (AvgIpc) is 3.30. The normalized spacial score (nSPS) is 16.5. The number of sulfonamides is 1. The third kappa shape index (κ3) is 11.7. The molecule has 2 aliphatic rings. The van der Waals surface area contributed by atoms with Gasteiger partial charge in [-0.05, 0) is 103 Å². The van der Waals surface area contributed by atoms with Gasteiger partial charge in [0.25, 0.3) is 25.8 Å². The van der Waals surface area contributed by atoms with Crippen molar-refractivity contribution in [1.29, 1.82) is 0 Å². The first kappa shape index (κ1) is 47.5. The lowest BCUT2D eigenvalue weighted by Gasteiger charge is -2.33. The topological polar surface area (TPSA) is 142 Å². The number of ether oxygens (including phenoxy) is 1. The number of anilines is 2. The van der Waals surface area contributed by atoms with Crippen molar-refractivity contribution in [1.82, 2.24) is 9.62 Å². The van der Waals surface area contributed by atoms with Gasteiger partial charge in [0.15, 0.2) is 0 Å². The van der Waals surface area contributed by atoms with Gasteiger partial charge in [0.2, 0.25) is 0 Å². The van der Waals surface area contributed by atoms with E-state index in [2.05, 4.69) is 15.1 Å². The predicted molar refractivity (Wildman–Crippen MR) is 246 cm³/mol. The van der Waals surface area contributed by atoms with Crippen LogP contribution >= 0.6 is 23.4 Å². The number of benzene rings is 5. The second-order valence-electron chi connectivity index (χ2n) is 15.3. The molecule has 0 unspecified atom stereocenters. The van der Waals surface area contributed by atoms with E-state index in [1.807, 2.05) is 71.5 Å². The van der Waals surface area contributed by atoms with E-state index in [-0.39, 0.29) is 10.8 Å². The Morgan fingerprint density at radius 2 is 1.50 bits per heavy atom. The monoisotopic (exact) mass is 974 g/mol. The van der Waals surface area contributed by atoms with Gasteiger partial charge in [-0.15, -0.1) is 11.8 Å². The van der Waals surface area contributed by atoms with Crippen LogP contribution in [0, 0.1) is 0 Å². The standard InChI is InChI=1S/C45H46ClF3N4O7S4/c46-34-14-10-32(11-15-34)40-8-4-5-9-42(40)62(55)38-21-24-53(25-22-38)36-16-12-33(13-17-36)44(54)51-64(58,59)39-18-19-41(43(30-39)63(56,57)45(47,48)49)50-35(20-23-52-26-28-60-29-27-52)31-61-37-6-2-1-3-7-37/h1-19,30,35,38,50H,20-29,31H2,(H,51,54)/t35-,62-/m1/s1. The molecule has 2 saturated heterocycles. The first-order chi connectivity index (χ1) is 30.6. The van der Waals surface area contributed by atoms with Crippen molar-refractivity contribution >= 4 is 71.3 Å². The maximum atomic E-state index is 14.2. The van der Waals surface area contributed by atoms with Crippen LogP contribution in [0.3, 0.4) is 0 Å². The average molecular weight is 976 g/mol. The molecular formula is C45H46ClF3N4O7S4. The fourth-order valence-electron chi connectivity index (χ4n) is 7.51. The van der Waals surface area contributed by atoms with Crippen molar-refractivity contribution in [3.05, 3.63) is 132 Å². The van der Waals surface area contributed by atoms with E-state index in [0.717, 1.165) is 38.7 Å². The van der Waals surface area contributed by atoms with Gasteiger partial charge in [0, 0.05) is 75.8 Å². The number of alkyl halides is 3. The first-order valence-electron chi connectivity index (χ1n) is 20.5. The fourth-order valence-corrected chi connectivity index (χ4v) is 12.3. The van der Waals surface area contributed by atoms with E-state index in [0.29, 0.717) is 82.0 Å². The summed E-state index contributed by atoms with van der Waals surface area (Å²) < 4.78 is 117. The van der Waals surface area contributed by atoms with Crippen molar-refractivity contribution in [2.75, 3.05) is 61.9 Å². The quantitative estimate of drug-likeness (QED) is 0.0920. The molecular weight excluding hydrogens is 929 g/mol. The highest BCUT2D eigenvalue weighted by Crippen LogP contribution is 2.37. The summed E-state index contributed by atoms with van der Waals surface area (Å²) in [5.41, 5.74) is -3.68. The number of hydrogen-bond acceptors (Lipinski definition) is 11. The highest BCUT2D eigenvalue weighted by Gasteiger charge is 2.48. The number of hydrogen-bond donors (Lipinski definition) is 2. The fraction of sp³-hybridized carbons (Fsp3) is 0.311. The van der Waals surface area contributed by atoms with Gasteiger partial charge in [-0.1, -0.05) is 60.1 Å². The van der Waals surface area contributed by atoms with Crippen LogP contribution in [-0.4, -0.2) is 100 Å². The molecule has 2 atom stereocenters. The van der Waals surface area contributed by atoms with Crippen LogP contribution in [0.1, 0.15) is 29.6 Å². The molecule has 64 heavy (non-hydrogen) atoms. The molecule has 0 radical (unpaired) electrons. The zero-order chi connectivity index (χ0) is 45.5. The van der Waals surface area contributed by atoms with Crippen LogP contribution in [0.25, 0.3) is 11.1 Å². The van der Waals surface area contributed by atoms with Crippen LogP contribution < -0.4 is 14.9 Å². The summed E-state index contributed by atoms with van der Waals surface area (Å²) in [6.07, 6.45) is 1.69. The molecule has 0 aromatic heterocycles. The van der Waals surface area contributed by atoms with Crippen LogP contribution in [0.2, 0.25) is 5.02 Å². The molecule has 2 heterocycles. The number of thioether (sulfide) groups is 1. The molecule has 5 aromatic rings. The van der Waals surface area contributed by atoms with Gasteiger partial charge in [-0.2, -0.15) is 13.2 Å². The van der Waals surface area contributed by atoms with Crippen molar-refractivity contribution in [3.63, 3.8) is 0 Å². The van der Waals surface area contributed by atoms with Gasteiger partial charge in [-0.3, -0.25) is 13.9 Å². The smallest absolute Gasteiger partial charge is 0.380 e. The second kappa shape index (κ2) is 20.8. The Labute approximate surface area is 383 Å². The highest BCUT2D eigenvalue weighted by atomic mass is 35.5. The Bertz CT molecular complexity index is 2650. The Morgan fingerprint density at radius 3 is 2.17 bits per heavy atom. The number of nitrogens with one attached hydrogen (secondary N) is 2. The zero-order valence-corrected chi connectivity index (χ0v) is 38.4. The van der Waals surface area contributed by atoms with Crippen molar-refractivity contribution in [3.8, 4) is 11.1 Å². The summed E-state index contributed by atoms with van der Waals surface area (Å²) in [5, 5.41) is 3.48. The van der Waals surface area contributed by atoms with Crippen LogP contribution in [-0.2, 0) is 35.4 Å². The van der Waals surface area contributed by atoms with Gasteiger partial charge < -0.3 is 15.0 Å². The number of carbonyl (C=O) groups is 1. The Kier molecular flexibility index (Phi) is 15.5. The predicted octanol–water partition coefficient (Wildman–Crippen LogP) is 8.49. The molecule has 0 spiro atoms. The maximum Gasteiger partial charge on any atom is 0.501 e. The molecule has 11 nitrogen and oxygen atoms in total. The largest absolute Gasteiger partial charge is 0.501 e. The summed E-state index contributed by atoms with van der Waals surface area (Å²) >= 11 is 7.52. The Balaban J connectivity index is 1.02. The van der Waals surface area contributed by atoms with E-state index < -0.39 is 63.6 Å². The van der Waals surface area contributed by atoms with Crippen LogP contribution in [0.15, 0.2) is 141 Å². The van der Waals surface area contributed by atoms with Gasteiger partial charge in [-0.25, -0.2) is 21.6 Å². The third-order valence-corrected chi connectivity index (χ3v) is 17.2. The molecule has 2 aliphatic heterocycles. The molecule has 0 aliphatic carbocycles. The van der Waals surface area contributed by atoms with Crippen molar-refractivity contribution in [2.45, 2.75) is 55.6 Å². The summed E-state index contributed by atoms with van der Waals surface area (Å²) in [5.74, 6) is -0.710. The molecule has 0 saturated carbocycles. The van der Waals surface area contributed by atoms with Gasteiger partial charge >= 0.3 is 5.51 Å². The first-order valence-corrected chi connectivity index (χ1v) is 26.0. The summed E-state index contributed by atoms with van der Waals surface area (Å²) in [4.78, 5) is 17.0. The molecule has 0 bridgehead atoms. The van der Waals surface area contributed by atoms with Gasteiger partial charge in [0.05, 0.1) is 34.6 Å². The number of sulfone groups is 1. The lowest BCUT2D eigenvalue weighted by atomic mass is 10.1. The molecule has 1 amide bonds. The second-order valence-corrected chi connectivity index (χ2v) is 22.1. The van der Waals surface area contributed by atoms with Crippen molar-refractivity contribution in [2.24, 2.45) is 0 Å². The van der Waals surface area contributed by atoms with E-state index in [1.165, 1.54) is 23.9 Å². The lowest BCUT2D eigenvalue weighted by molar-refractivity contribution is -0.0435. The highest BCUT2D eigenvalue weighted by molar-refractivity contribution is 7.99. The van der Waals surface area contributed by atoms with E-state index in [4.69, 9.17) is 16.3 Å². The van der Waals surface area contributed by atoms with Crippen LogP contribution in [0.5, 0.6) is 0 Å². The molecule has 19 heteroatoms. The zero-order valence-electron chi connectivity index (χ0n) is 34.4.